The maximum atomic E-state index is 12.0. The molecule has 2 rings (SSSR count). The van der Waals surface area contributed by atoms with Gasteiger partial charge in [0.05, 0.1) is 11.9 Å². The van der Waals surface area contributed by atoms with Crippen LogP contribution < -0.4 is 5.32 Å². The molecule has 1 saturated heterocycles. The summed E-state index contributed by atoms with van der Waals surface area (Å²) in [5.41, 5.74) is 0.753. The second kappa shape index (κ2) is 5.60. The fourth-order valence-corrected chi connectivity index (χ4v) is 2.36. The molecule has 92 valence electrons. The number of rotatable bonds is 2. The van der Waals surface area contributed by atoms with E-state index in [1.807, 2.05) is 6.07 Å². The van der Waals surface area contributed by atoms with Gasteiger partial charge in [-0.15, -0.1) is 0 Å². The van der Waals surface area contributed by atoms with Crippen LogP contribution in [-0.2, 0) is 4.79 Å². The summed E-state index contributed by atoms with van der Waals surface area (Å²) in [5.74, 6) is 0.239. The summed E-state index contributed by atoms with van der Waals surface area (Å²) in [6.07, 6.45) is 5.23. The van der Waals surface area contributed by atoms with Crippen molar-refractivity contribution in [2.24, 2.45) is 5.92 Å². The number of amides is 1. The third kappa shape index (κ3) is 3.51. The zero-order valence-corrected chi connectivity index (χ0v) is 11.4. The van der Waals surface area contributed by atoms with Gasteiger partial charge in [0.15, 0.2) is 0 Å². The van der Waals surface area contributed by atoms with Crippen LogP contribution in [-0.4, -0.2) is 35.9 Å². The van der Waals surface area contributed by atoms with Crippen LogP contribution in [0.2, 0.25) is 0 Å². The van der Waals surface area contributed by atoms with E-state index in [2.05, 4.69) is 38.2 Å². The number of pyridine rings is 1. The second-order valence-electron chi connectivity index (χ2n) is 4.46. The summed E-state index contributed by atoms with van der Waals surface area (Å²) in [5, 5.41) is 2.92. The van der Waals surface area contributed by atoms with E-state index in [4.69, 9.17) is 0 Å². The van der Waals surface area contributed by atoms with Crippen LogP contribution in [0.4, 0.5) is 5.69 Å². The molecule has 0 aliphatic carbocycles. The highest BCUT2D eigenvalue weighted by atomic mass is 79.9. The van der Waals surface area contributed by atoms with Gasteiger partial charge in [-0.2, -0.15) is 0 Å². The molecule has 0 saturated carbocycles. The van der Waals surface area contributed by atoms with Crippen molar-refractivity contribution in [3.63, 3.8) is 0 Å². The van der Waals surface area contributed by atoms with Crippen LogP contribution in [0.5, 0.6) is 0 Å². The molecule has 1 aliphatic rings. The molecule has 1 aromatic rings. The maximum Gasteiger partial charge on any atom is 0.227 e. The minimum atomic E-state index is 0.109. The largest absolute Gasteiger partial charge is 0.324 e. The lowest BCUT2D eigenvalue weighted by molar-refractivity contribution is -0.121. The molecule has 2 heterocycles. The molecular formula is C12H16BrN3O. The first kappa shape index (κ1) is 12.5. The molecule has 0 unspecified atom stereocenters. The lowest BCUT2D eigenvalue weighted by atomic mass is 9.96. The number of piperidine rings is 1. The first-order valence-corrected chi connectivity index (χ1v) is 6.54. The monoisotopic (exact) mass is 297 g/mol. The number of likely N-dealkylation sites (tertiary alicyclic amines) is 1. The van der Waals surface area contributed by atoms with Crippen molar-refractivity contribution in [3.8, 4) is 0 Å². The van der Waals surface area contributed by atoms with Crippen LogP contribution in [0, 0.1) is 5.92 Å². The summed E-state index contributed by atoms with van der Waals surface area (Å²) in [4.78, 5) is 18.3. The molecule has 5 heteroatoms. The van der Waals surface area contributed by atoms with E-state index in [-0.39, 0.29) is 11.8 Å². The number of halogens is 1. The van der Waals surface area contributed by atoms with E-state index in [1.165, 1.54) is 0 Å². The maximum absolute atomic E-state index is 12.0. The number of nitrogens with one attached hydrogen (secondary N) is 1. The topological polar surface area (TPSA) is 45.2 Å². The van der Waals surface area contributed by atoms with Gasteiger partial charge >= 0.3 is 0 Å². The third-order valence-corrected chi connectivity index (χ3v) is 3.50. The number of hydrogen-bond acceptors (Lipinski definition) is 3. The quantitative estimate of drug-likeness (QED) is 0.909. The summed E-state index contributed by atoms with van der Waals surface area (Å²) in [6.45, 7) is 1.99. The molecule has 1 aromatic heterocycles. The zero-order chi connectivity index (χ0) is 12.3. The van der Waals surface area contributed by atoms with E-state index < -0.39 is 0 Å². The summed E-state index contributed by atoms with van der Waals surface area (Å²) in [6, 6.07) is 1.86. The number of carbonyl (C=O) groups excluding carboxylic acids is 1. The Labute approximate surface area is 110 Å². The van der Waals surface area contributed by atoms with Gasteiger partial charge in [-0.05, 0) is 55.0 Å². The number of anilines is 1. The molecule has 0 atom stereocenters. The molecule has 0 aromatic carbocycles. The van der Waals surface area contributed by atoms with Crippen molar-refractivity contribution in [2.75, 3.05) is 25.5 Å². The minimum absolute atomic E-state index is 0.109. The number of nitrogens with zero attached hydrogens (tertiary/aromatic N) is 2. The molecule has 1 fully saturated rings. The van der Waals surface area contributed by atoms with Crippen LogP contribution in [0.25, 0.3) is 0 Å². The average molecular weight is 298 g/mol. The SMILES string of the molecule is CN1CCC(C(=O)Nc2cncc(Br)c2)CC1. The average Bonchev–Trinajstić information content (AvgIpc) is 2.29. The van der Waals surface area contributed by atoms with Crippen molar-refractivity contribution in [1.82, 2.24) is 9.88 Å². The molecular weight excluding hydrogens is 282 g/mol. The van der Waals surface area contributed by atoms with Crippen molar-refractivity contribution in [3.05, 3.63) is 22.9 Å². The standard InChI is InChI=1S/C12H16BrN3O/c1-16-4-2-9(3-5-16)12(17)15-11-6-10(13)7-14-8-11/h6-9H,2-5H2,1H3,(H,15,17). The highest BCUT2D eigenvalue weighted by Crippen LogP contribution is 2.19. The Balaban J connectivity index is 1.93. The minimum Gasteiger partial charge on any atom is -0.324 e. The van der Waals surface area contributed by atoms with E-state index >= 15 is 0 Å². The Kier molecular flexibility index (Phi) is 4.12. The van der Waals surface area contributed by atoms with Crippen molar-refractivity contribution < 1.29 is 4.79 Å². The Hall–Kier alpha value is -0.940. The predicted octanol–water partition coefficient (Wildman–Crippen LogP) is 2.12. The van der Waals surface area contributed by atoms with Crippen molar-refractivity contribution in [1.29, 1.82) is 0 Å². The van der Waals surface area contributed by atoms with Gasteiger partial charge < -0.3 is 10.2 Å². The Bertz CT molecular complexity index is 402. The Morgan fingerprint density at radius 3 is 2.82 bits per heavy atom. The molecule has 1 amide bonds. The highest BCUT2D eigenvalue weighted by molar-refractivity contribution is 9.10. The van der Waals surface area contributed by atoms with Crippen LogP contribution in [0.1, 0.15) is 12.8 Å². The first-order chi connectivity index (χ1) is 8.15. The van der Waals surface area contributed by atoms with E-state index in [0.29, 0.717) is 0 Å². The predicted molar refractivity (Wildman–Crippen MR) is 70.8 cm³/mol. The molecule has 1 aliphatic heterocycles. The number of carbonyl (C=O) groups is 1. The summed E-state index contributed by atoms with van der Waals surface area (Å²) in [7, 11) is 2.09. The van der Waals surface area contributed by atoms with E-state index in [0.717, 1.165) is 36.1 Å². The number of hydrogen-bond donors (Lipinski definition) is 1. The van der Waals surface area contributed by atoms with Gasteiger partial charge in [-0.3, -0.25) is 9.78 Å². The Morgan fingerprint density at radius 2 is 2.18 bits per heavy atom. The van der Waals surface area contributed by atoms with Crippen molar-refractivity contribution in [2.45, 2.75) is 12.8 Å². The van der Waals surface area contributed by atoms with Gasteiger partial charge in [-0.1, -0.05) is 0 Å². The third-order valence-electron chi connectivity index (χ3n) is 3.06. The molecule has 0 bridgehead atoms. The van der Waals surface area contributed by atoms with Crippen LogP contribution in [0.3, 0.4) is 0 Å². The summed E-state index contributed by atoms with van der Waals surface area (Å²) >= 11 is 3.34. The molecule has 4 nitrogen and oxygen atoms in total. The van der Waals surface area contributed by atoms with Gasteiger partial charge in [-0.25, -0.2) is 0 Å². The molecule has 0 radical (unpaired) electrons. The molecule has 17 heavy (non-hydrogen) atoms. The highest BCUT2D eigenvalue weighted by Gasteiger charge is 2.23. The van der Waals surface area contributed by atoms with Gasteiger partial charge in [0, 0.05) is 16.6 Å². The molecule has 1 N–H and O–H groups in total. The summed E-state index contributed by atoms with van der Waals surface area (Å²) < 4.78 is 0.874. The lowest BCUT2D eigenvalue weighted by Crippen LogP contribution is -2.35. The smallest absolute Gasteiger partial charge is 0.227 e. The van der Waals surface area contributed by atoms with Gasteiger partial charge in [0.25, 0.3) is 0 Å². The van der Waals surface area contributed by atoms with E-state index in [1.54, 1.807) is 12.4 Å². The van der Waals surface area contributed by atoms with E-state index in [9.17, 15) is 4.79 Å². The first-order valence-electron chi connectivity index (χ1n) is 5.75. The van der Waals surface area contributed by atoms with Gasteiger partial charge in [0.2, 0.25) is 5.91 Å². The fraction of sp³-hybridized carbons (Fsp3) is 0.500. The number of aromatic nitrogens is 1. The fourth-order valence-electron chi connectivity index (χ4n) is 2.00. The normalized spacial score (nSPS) is 18.0. The zero-order valence-electron chi connectivity index (χ0n) is 9.82. The Morgan fingerprint density at radius 1 is 1.47 bits per heavy atom. The van der Waals surface area contributed by atoms with Gasteiger partial charge in [0.1, 0.15) is 0 Å². The van der Waals surface area contributed by atoms with Crippen molar-refractivity contribution >= 4 is 27.5 Å². The second-order valence-corrected chi connectivity index (χ2v) is 5.37. The lowest BCUT2D eigenvalue weighted by Gasteiger charge is -2.27. The molecule has 0 spiro atoms. The van der Waals surface area contributed by atoms with Crippen LogP contribution >= 0.6 is 15.9 Å². The van der Waals surface area contributed by atoms with Crippen LogP contribution in [0.15, 0.2) is 22.9 Å².